The Hall–Kier alpha value is -1.12. The standard InChI is InChI=1S/C19H29F3N2O2S/c1-23-13-3-4-15-5-7-16(8-6-15)14-24(2)27(25,26)18-11-9-17(10-12-18)19(20,21)22/h9-12,15-16,23H,3-8,13-14H2,1-2H3. The van der Waals surface area contributed by atoms with Crippen molar-refractivity contribution in [2.24, 2.45) is 11.8 Å². The third kappa shape index (κ3) is 6.19. The van der Waals surface area contributed by atoms with Gasteiger partial charge in [0.2, 0.25) is 10.0 Å². The van der Waals surface area contributed by atoms with E-state index in [1.54, 1.807) is 0 Å². The van der Waals surface area contributed by atoms with Gasteiger partial charge in [0, 0.05) is 13.6 Å². The maximum atomic E-state index is 12.6. The number of hydrogen-bond acceptors (Lipinski definition) is 3. The third-order valence-corrected chi connectivity index (χ3v) is 7.25. The summed E-state index contributed by atoms with van der Waals surface area (Å²) in [6, 6.07) is 3.70. The fourth-order valence-corrected chi connectivity index (χ4v) is 4.97. The van der Waals surface area contributed by atoms with E-state index in [9.17, 15) is 21.6 Å². The summed E-state index contributed by atoms with van der Waals surface area (Å²) in [6.07, 6.45) is 2.11. The van der Waals surface area contributed by atoms with Gasteiger partial charge in [0.25, 0.3) is 0 Å². The topological polar surface area (TPSA) is 49.4 Å². The summed E-state index contributed by atoms with van der Waals surface area (Å²) in [4.78, 5) is -0.0984. The number of benzene rings is 1. The molecule has 0 heterocycles. The van der Waals surface area contributed by atoms with Crippen molar-refractivity contribution < 1.29 is 21.6 Å². The summed E-state index contributed by atoms with van der Waals surface area (Å²) in [5, 5.41) is 3.15. The van der Waals surface area contributed by atoms with E-state index in [0.717, 1.165) is 62.9 Å². The summed E-state index contributed by atoms with van der Waals surface area (Å²) in [5.74, 6) is 1.02. The Morgan fingerprint density at radius 2 is 1.63 bits per heavy atom. The van der Waals surface area contributed by atoms with Crippen LogP contribution in [0.2, 0.25) is 0 Å². The van der Waals surface area contributed by atoms with E-state index in [2.05, 4.69) is 5.32 Å². The van der Waals surface area contributed by atoms with Crippen molar-refractivity contribution >= 4 is 10.0 Å². The Morgan fingerprint density at radius 3 is 2.15 bits per heavy atom. The molecule has 154 valence electrons. The summed E-state index contributed by atoms with van der Waals surface area (Å²) < 4.78 is 64.5. The van der Waals surface area contributed by atoms with Crippen molar-refractivity contribution in [2.45, 2.75) is 49.6 Å². The maximum absolute atomic E-state index is 12.6. The fraction of sp³-hybridized carbons (Fsp3) is 0.684. The number of halogens is 3. The van der Waals surface area contributed by atoms with Gasteiger partial charge in [0.15, 0.2) is 0 Å². The molecule has 27 heavy (non-hydrogen) atoms. The third-order valence-electron chi connectivity index (χ3n) is 5.41. The number of alkyl halides is 3. The smallest absolute Gasteiger partial charge is 0.320 e. The van der Waals surface area contributed by atoms with E-state index in [4.69, 9.17) is 0 Å². The molecule has 1 saturated carbocycles. The highest BCUT2D eigenvalue weighted by Gasteiger charge is 2.32. The van der Waals surface area contributed by atoms with Crippen LogP contribution >= 0.6 is 0 Å². The van der Waals surface area contributed by atoms with Crippen molar-refractivity contribution in [3.63, 3.8) is 0 Å². The van der Waals surface area contributed by atoms with Crippen LogP contribution in [0.15, 0.2) is 29.2 Å². The summed E-state index contributed by atoms with van der Waals surface area (Å²) >= 11 is 0. The van der Waals surface area contributed by atoms with Crippen LogP contribution < -0.4 is 5.32 Å². The number of rotatable bonds is 8. The van der Waals surface area contributed by atoms with Gasteiger partial charge in [-0.2, -0.15) is 13.2 Å². The SMILES string of the molecule is CNCCCC1CCC(CN(C)S(=O)(=O)c2ccc(C(F)(F)F)cc2)CC1. The molecule has 0 aliphatic heterocycles. The molecule has 0 bridgehead atoms. The van der Waals surface area contributed by atoms with Gasteiger partial charge in [-0.15, -0.1) is 0 Å². The lowest BCUT2D eigenvalue weighted by Gasteiger charge is -2.31. The Labute approximate surface area is 160 Å². The molecule has 1 aromatic carbocycles. The molecule has 1 N–H and O–H groups in total. The van der Waals surface area contributed by atoms with E-state index in [-0.39, 0.29) is 4.90 Å². The van der Waals surface area contributed by atoms with Gasteiger partial charge in [-0.3, -0.25) is 0 Å². The summed E-state index contributed by atoms with van der Waals surface area (Å²) in [6.45, 7) is 1.43. The molecule has 0 unspecified atom stereocenters. The average Bonchev–Trinajstić information content (AvgIpc) is 2.62. The molecular formula is C19H29F3N2O2S. The summed E-state index contributed by atoms with van der Waals surface area (Å²) in [7, 11) is -0.320. The minimum atomic E-state index is -4.47. The number of sulfonamides is 1. The van der Waals surface area contributed by atoms with Crippen molar-refractivity contribution in [1.82, 2.24) is 9.62 Å². The van der Waals surface area contributed by atoms with Gasteiger partial charge in [-0.05, 0) is 75.4 Å². The molecule has 2 rings (SSSR count). The molecule has 0 amide bonds. The van der Waals surface area contributed by atoms with Crippen LogP contribution in [0.25, 0.3) is 0 Å². The normalized spacial score (nSPS) is 21.6. The quantitative estimate of drug-likeness (QED) is 0.661. The van der Waals surface area contributed by atoms with E-state index >= 15 is 0 Å². The van der Waals surface area contributed by atoms with E-state index in [1.807, 2.05) is 7.05 Å². The minimum Gasteiger partial charge on any atom is -0.320 e. The first kappa shape index (κ1) is 22.2. The molecule has 1 aliphatic rings. The van der Waals surface area contributed by atoms with E-state index in [1.165, 1.54) is 17.8 Å². The lowest BCUT2D eigenvalue weighted by atomic mass is 9.80. The highest BCUT2D eigenvalue weighted by Crippen LogP contribution is 2.33. The number of nitrogens with one attached hydrogen (secondary N) is 1. The molecule has 1 aliphatic carbocycles. The molecule has 0 aromatic heterocycles. The predicted molar refractivity (Wildman–Crippen MR) is 99.9 cm³/mol. The first-order valence-corrected chi connectivity index (χ1v) is 10.9. The Bertz CT molecular complexity index is 682. The molecule has 1 fully saturated rings. The summed E-state index contributed by atoms with van der Waals surface area (Å²) in [5.41, 5.74) is -0.847. The van der Waals surface area contributed by atoms with Crippen LogP contribution in [-0.4, -0.2) is 39.9 Å². The van der Waals surface area contributed by atoms with Gasteiger partial charge in [0.05, 0.1) is 10.5 Å². The molecule has 0 saturated heterocycles. The molecule has 8 heteroatoms. The first-order valence-electron chi connectivity index (χ1n) is 9.42. The van der Waals surface area contributed by atoms with Crippen LogP contribution in [0.1, 0.15) is 44.1 Å². The van der Waals surface area contributed by atoms with Gasteiger partial charge in [-0.25, -0.2) is 12.7 Å². The Morgan fingerprint density at radius 1 is 1.07 bits per heavy atom. The Balaban J connectivity index is 1.90. The fourth-order valence-electron chi connectivity index (χ4n) is 3.73. The van der Waals surface area contributed by atoms with Crippen molar-refractivity contribution in [2.75, 3.05) is 27.2 Å². The highest BCUT2D eigenvalue weighted by atomic mass is 32.2. The largest absolute Gasteiger partial charge is 0.416 e. The maximum Gasteiger partial charge on any atom is 0.416 e. The second-order valence-electron chi connectivity index (χ2n) is 7.44. The van der Waals surface area contributed by atoms with Crippen molar-refractivity contribution in [3.05, 3.63) is 29.8 Å². The average molecular weight is 407 g/mol. The molecule has 0 spiro atoms. The lowest BCUT2D eigenvalue weighted by Crippen LogP contribution is -2.33. The number of hydrogen-bond donors (Lipinski definition) is 1. The second-order valence-corrected chi connectivity index (χ2v) is 9.49. The van der Waals surface area contributed by atoms with Crippen LogP contribution in [0.3, 0.4) is 0 Å². The highest BCUT2D eigenvalue weighted by molar-refractivity contribution is 7.89. The molecular weight excluding hydrogens is 377 g/mol. The molecule has 4 nitrogen and oxygen atoms in total. The predicted octanol–water partition coefficient (Wildman–Crippen LogP) is 4.13. The van der Waals surface area contributed by atoms with Crippen molar-refractivity contribution in [3.8, 4) is 0 Å². The second kappa shape index (κ2) is 9.39. The van der Waals surface area contributed by atoms with Crippen molar-refractivity contribution in [1.29, 1.82) is 0 Å². The van der Waals surface area contributed by atoms with Crippen LogP contribution in [-0.2, 0) is 16.2 Å². The molecule has 1 aromatic rings. The van der Waals surface area contributed by atoms with Crippen LogP contribution in [0, 0.1) is 11.8 Å². The van der Waals surface area contributed by atoms with Gasteiger partial charge >= 0.3 is 6.18 Å². The first-order chi connectivity index (χ1) is 12.6. The van der Waals surface area contributed by atoms with Gasteiger partial charge in [0.1, 0.15) is 0 Å². The minimum absolute atomic E-state index is 0.0984. The van der Waals surface area contributed by atoms with Crippen LogP contribution in [0.4, 0.5) is 13.2 Å². The van der Waals surface area contributed by atoms with Gasteiger partial charge in [-0.1, -0.05) is 12.8 Å². The van der Waals surface area contributed by atoms with E-state index < -0.39 is 21.8 Å². The van der Waals surface area contributed by atoms with Gasteiger partial charge < -0.3 is 5.32 Å². The van der Waals surface area contributed by atoms with Crippen LogP contribution in [0.5, 0.6) is 0 Å². The monoisotopic (exact) mass is 406 g/mol. The zero-order valence-electron chi connectivity index (χ0n) is 15.9. The molecule has 0 radical (unpaired) electrons. The molecule has 0 atom stereocenters. The number of nitrogens with zero attached hydrogens (tertiary/aromatic N) is 1. The zero-order valence-corrected chi connectivity index (χ0v) is 16.7. The lowest BCUT2D eigenvalue weighted by molar-refractivity contribution is -0.137. The van der Waals surface area contributed by atoms with E-state index in [0.29, 0.717) is 18.4 Å². The zero-order chi connectivity index (χ0) is 20.1. The Kier molecular flexibility index (Phi) is 7.71.